The summed E-state index contributed by atoms with van der Waals surface area (Å²) < 4.78 is 17.4. The van der Waals surface area contributed by atoms with Gasteiger partial charge >= 0.3 is 5.97 Å². The highest BCUT2D eigenvalue weighted by Gasteiger charge is 2.14. The summed E-state index contributed by atoms with van der Waals surface area (Å²) in [4.78, 5) is 28.9. The first-order valence-corrected chi connectivity index (χ1v) is 9.63. The van der Waals surface area contributed by atoms with Crippen LogP contribution in [0.4, 0.5) is 0 Å². The largest absolute Gasteiger partial charge is 0.493 e. The Morgan fingerprint density at radius 2 is 1.83 bits per heavy atom. The lowest BCUT2D eigenvalue weighted by molar-refractivity contribution is -0.149. The summed E-state index contributed by atoms with van der Waals surface area (Å²) in [5, 5.41) is 2.72. The van der Waals surface area contributed by atoms with Gasteiger partial charge in [0, 0.05) is 13.0 Å². The Labute approximate surface area is 174 Å². The number of methoxy groups -OCH3 is 2. The van der Waals surface area contributed by atoms with Crippen LogP contribution in [0.3, 0.4) is 0 Å². The van der Waals surface area contributed by atoms with E-state index in [0.29, 0.717) is 17.9 Å². The van der Waals surface area contributed by atoms with E-state index in [9.17, 15) is 9.59 Å². The van der Waals surface area contributed by atoms with Crippen molar-refractivity contribution in [2.75, 3.05) is 20.8 Å². The van der Waals surface area contributed by atoms with Gasteiger partial charge in [0.2, 0.25) is 0 Å². The number of carbonyl (C=O) groups is 2. The van der Waals surface area contributed by atoms with Crippen LogP contribution in [0.1, 0.15) is 18.3 Å². The number of amides is 1. The molecule has 8 heteroatoms. The Morgan fingerprint density at radius 1 is 1.07 bits per heavy atom. The predicted octanol–water partition coefficient (Wildman–Crippen LogP) is 2.48. The summed E-state index contributed by atoms with van der Waals surface area (Å²) in [6, 6.07) is 13.0. The molecule has 0 saturated carbocycles. The number of nitrogens with zero attached hydrogens (tertiary/aromatic N) is 2. The standard InChI is InChI=1S/C22H25N3O5/c1-4-20-24-16-7-5-6-8-17(16)25(20)13-22(27)30-14-21(26)23-12-15-9-10-18(28-2)19(11-15)29-3/h5-11H,4,12-14H2,1-3H3,(H,23,26). The van der Waals surface area contributed by atoms with E-state index in [1.54, 1.807) is 26.4 Å². The molecule has 0 aliphatic rings. The Balaban J connectivity index is 1.52. The quantitative estimate of drug-likeness (QED) is 0.544. The maximum Gasteiger partial charge on any atom is 0.326 e. The lowest BCUT2D eigenvalue weighted by Gasteiger charge is -2.11. The molecule has 0 bridgehead atoms. The van der Waals surface area contributed by atoms with Crippen LogP contribution in [0.2, 0.25) is 0 Å². The molecule has 8 nitrogen and oxygen atoms in total. The molecule has 0 spiro atoms. The molecule has 0 saturated heterocycles. The molecule has 0 fully saturated rings. The van der Waals surface area contributed by atoms with Gasteiger partial charge in [0.05, 0.1) is 25.3 Å². The van der Waals surface area contributed by atoms with Crippen LogP contribution in [-0.2, 0) is 33.8 Å². The van der Waals surface area contributed by atoms with E-state index in [1.807, 2.05) is 41.8 Å². The molecular formula is C22H25N3O5. The molecule has 2 aromatic carbocycles. The van der Waals surface area contributed by atoms with Crippen molar-refractivity contribution in [2.45, 2.75) is 26.4 Å². The van der Waals surface area contributed by atoms with E-state index in [0.717, 1.165) is 22.4 Å². The Kier molecular flexibility index (Phi) is 6.90. The number of rotatable bonds is 9. The molecule has 1 heterocycles. The third-order valence-corrected chi connectivity index (χ3v) is 4.64. The summed E-state index contributed by atoms with van der Waals surface area (Å²) in [5.41, 5.74) is 2.53. The number of para-hydroxylation sites is 2. The fourth-order valence-corrected chi connectivity index (χ4v) is 3.13. The van der Waals surface area contributed by atoms with E-state index in [1.165, 1.54) is 0 Å². The summed E-state index contributed by atoms with van der Waals surface area (Å²) in [6.07, 6.45) is 0.688. The normalized spacial score (nSPS) is 10.6. The first-order valence-electron chi connectivity index (χ1n) is 9.63. The molecule has 0 unspecified atom stereocenters. The van der Waals surface area contributed by atoms with Crippen molar-refractivity contribution in [2.24, 2.45) is 0 Å². The molecule has 158 valence electrons. The van der Waals surface area contributed by atoms with Crippen LogP contribution in [0.15, 0.2) is 42.5 Å². The van der Waals surface area contributed by atoms with Crippen molar-refractivity contribution in [1.82, 2.24) is 14.9 Å². The van der Waals surface area contributed by atoms with Gasteiger partial charge in [0.15, 0.2) is 18.1 Å². The van der Waals surface area contributed by atoms with E-state index in [-0.39, 0.29) is 25.6 Å². The van der Waals surface area contributed by atoms with Crippen LogP contribution >= 0.6 is 0 Å². The maximum atomic E-state index is 12.3. The number of imidazole rings is 1. The number of nitrogens with one attached hydrogen (secondary N) is 1. The maximum absolute atomic E-state index is 12.3. The topological polar surface area (TPSA) is 91.7 Å². The van der Waals surface area contributed by atoms with Crippen LogP contribution in [0.5, 0.6) is 11.5 Å². The van der Waals surface area contributed by atoms with Crippen LogP contribution < -0.4 is 14.8 Å². The zero-order chi connectivity index (χ0) is 21.5. The molecule has 0 radical (unpaired) electrons. The van der Waals surface area contributed by atoms with E-state index < -0.39 is 5.97 Å². The second-order valence-corrected chi connectivity index (χ2v) is 6.58. The molecule has 1 N–H and O–H groups in total. The number of esters is 1. The van der Waals surface area contributed by atoms with Gasteiger partial charge in [-0.2, -0.15) is 0 Å². The van der Waals surface area contributed by atoms with Crippen LogP contribution in [-0.4, -0.2) is 42.3 Å². The number of fused-ring (bicyclic) bond motifs is 1. The summed E-state index contributed by atoms with van der Waals surface area (Å²) in [6.45, 7) is 1.92. The highest BCUT2D eigenvalue weighted by Crippen LogP contribution is 2.27. The third-order valence-electron chi connectivity index (χ3n) is 4.64. The molecule has 0 atom stereocenters. The number of aromatic nitrogens is 2. The minimum atomic E-state index is -0.492. The van der Waals surface area contributed by atoms with Crippen molar-refractivity contribution in [3.63, 3.8) is 0 Å². The van der Waals surface area contributed by atoms with Crippen molar-refractivity contribution in [3.05, 3.63) is 53.9 Å². The summed E-state index contributed by atoms with van der Waals surface area (Å²) in [5.74, 6) is 1.11. The van der Waals surface area contributed by atoms with Crippen molar-refractivity contribution < 1.29 is 23.8 Å². The fraction of sp³-hybridized carbons (Fsp3) is 0.318. The minimum Gasteiger partial charge on any atom is -0.493 e. The number of benzene rings is 2. The number of hydrogen-bond acceptors (Lipinski definition) is 6. The Hall–Kier alpha value is -3.55. The zero-order valence-electron chi connectivity index (χ0n) is 17.3. The number of carbonyl (C=O) groups excluding carboxylic acids is 2. The second kappa shape index (κ2) is 9.78. The SMILES string of the molecule is CCc1nc2ccccc2n1CC(=O)OCC(=O)NCc1ccc(OC)c(OC)c1. The van der Waals surface area contributed by atoms with Gasteiger partial charge in [0.25, 0.3) is 5.91 Å². The summed E-state index contributed by atoms with van der Waals surface area (Å²) >= 11 is 0. The van der Waals surface area contributed by atoms with Crippen molar-refractivity contribution >= 4 is 22.9 Å². The highest BCUT2D eigenvalue weighted by molar-refractivity contribution is 5.82. The number of ether oxygens (including phenoxy) is 3. The molecule has 1 aromatic heterocycles. The third kappa shape index (κ3) is 4.89. The molecule has 0 aliphatic heterocycles. The Morgan fingerprint density at radius 3 is 2.57 bits per heavy atom. The molecule has 30 heavy (non-hydrogen) atoms. The predicted molar refractivity (Wildman–Crippen MR) is 111 cm³/mol. The smallest absolute Gasteiger partial charge is 0.326 e. The van der Waals surface area contributed by atoms with E-state index >= 15 is 0 Å². The monoisotopic (exact) mass is 411 g/mol. The van der Waals surface area contributed by atoms with Gasteiger partial charge < -0.3 is 24.1 Å². The molecule has 3 rings (SSSR count). The average Bonchev–Trinajstić information content (AvgIpc) is 3.13. The number of hydrogen-bond donors (Lipinski definition) is 1. The van der Waals surface area contributed by atoms with Gasteiger partial charge in [-0.1, -0.05) is 25.1 Å². The fourth-order valence-electron chi connectivity index (χ4n) is 3.13. The first kappa shape index (κ1) is 21.2. The van der Waals surface area contributed by atoms with E-state index in [4.69, 9.17) is 14.2 Å². The average molecular weight is 411 g/mol. The second-order valence-electron chi connectivity index (χ2n) is 6.58. The summed E-state index contributed by atoms with van der Waals surface area (Å²) in [7, 11) is 3.11. The lowest BCUT2D eigenvalue weighted by Crippen LogP contribution is -2.29. The van der Waals surface area contributed by atoms with Gasteiger partial charge in [-0.3, -0.25) is 9.59 Å². The van der Waals surface area contributed by atoms with Gasteiger partial charge in [-0.05, 0) is 29.8 Å². The zero-order valence-corrected chi connectivity index (χ0v) is 17.3. The molecule has 1 amide bonds. The molecule has 3 aromatic rings. The first-order chi connectivity index (χ1) is 14.5. The highest BCUT2D eigenvalue weighted by atomic mass is 16.5. The minimum absolute atomic E-state index is 0.00659. The molecule has 0 aliphatic carbocycles. The van der Waals surface area contributed by atoms with Crippen molar-refractivity contribution in [1.29, 1.82) is 0 Å². The van der Waals surface area contributed by atoms with Gasteiger partial charge in [-0.15, -0.1) is 0 Å². The van der Waals surface area contributed by atoms with Gasteiger partial charge in [0.1, 0.15) is 12.4 Å². The van der Waals surface area contributed by atoms with Crippen LogP contribution in [0, 0.1) is 0 Å². The molecular weight excluding hydrogens is 386 g/mol. The lowest BCUT2D eigenvalue weighted by atomic mass is 10.2. The van der Waals surface area contributed by atoms with E-state index in [2.05, 4.69) is 10.3 Å². The Bertz CT molecular complexity index is 1040. The van der Waals surface area contributed by atoms with Gasteiger partial charge in [-0.25, -0.2) is 4.98 Å². The van der Waals surface area contributed by atoms with Crippen LogP contribution in [0.25, 0.3) is 11.0 Å². The van der Waals surface area contributed by atoms with Crippen molar-refractivity contribution in [3.8, 4) is 11.5 Å². The number of aryl methyl sites for hydroxylation is 1.